The number of rotatable bonds is 5. The Labute approximate surface area is 204 Å². The summed E-state index contributed by atoms with van der Waals surface area (Å²) in [7, 11) is 0. The molecule has 0 bridgehead atoms. The topological polar surface area (TPSA) is 89.9 Å². The summed E-state index contributed by atoms with van der Waals surface area (Å²) in [5.74, 6) is -2.57. The quantitative estimate of drug-likeness (QED) is 0.477. The van der Waals surface area contributed by atoms with Gasteiger partial charge >= 0.3 is 12.1 Å². The fourth-order valence-electron chi connectivity index (χ4n) is 3.19. The molecule has 0 unspecified atom stereocenters. The fourth-order valence-corrected chi connectivity index (χ4v) is 3.49. The van der Waals surface area contributed by atoms with E-state index in [-0.39, 0.29) is 11.9 Å². The van der Waals surface area contributed by atoms with Gasteiger partial charge in [0.05, 0.1) is 10.0 Å². The van der Waals surface area contributed by atoms with Crippen LogP contribution in [-0.2, 0) is 16.1 Å². The van der Waals surface area contributed by atoms with Gasteiger partial charge in [-0.2, -0.15) is 13.2 Å². The lowest BCUT2D eigenvalue weighted by molar-refractivity contribution is -0.192. The van der Waals surface area contributed by atoms with Crippen LogP contribution in [0.4, 0.5) is 13.2 Å². The number of likely N-dealkylation sites (tertiary alicyclic amines) is 1. The smallest absolute Gasteiger partial charge is 0.490 e. The van der Waals surface area contributed by atoms with E-state index in [1.807, 2.05) is 18.2 Å². The van der Waals surface area contributed by atoms with E-state index in [9.17, 15) is 23.1 Å². The molecule has 0 aliphatic carbocycles. The highest BCUT2D eigenvalue weighted by Crippen LogP contribution is 2.23. The zero-order valence-electron chi connectivity index (χ0n) is 17.9. The molecule has 0 spiro atoms. The van der Waals surface area contributed by atoms with Gasteiger partial charge in [-0.15, -0.1) is 0 Å². The van der Waals surface area contributed by atoms with E-state index in [2.05, 4.69) is 10.2 Å². The standard InChI is InChI=1S/C21H22Cl2N2O2.C2HF3O2/c22-19-6-4-15(13-20(19)23)5-7-21(27)24-17-8-10-25(11-9-17)14-16-2-1-3-18(26)12-16;3-2(4,5)1(6)7/h1-7,12-13,17,26H,8-11,14H2,(H,24,27);(H,6,7)/b7-5+;. The first-order chi connectivity index (χ1) is 15.9. The SMILES string of the molecule is O=C(/C=C/c1ccc(Cl)c(Cl)c1)NC1CCN(Cc2cccc(O)c2)CC1.O=C(O)C(F)(F)F. The number of phenols is 1. The average Bonchev–Trinajstić information content (AvgIpc) is 2.76. The number of alkyl halides is 3. The van der Waals surface area contributed by atoms with Crippen LogP contribution in [0.15, 0.2) is 48.5 Å². The van der Waals surface area contributed by atoms with Crippen molar-refractivity contribution in [1.82, 2.24) is 10.2 Å². The summed E-state index contributed by atoms with van der Waals surface area (Å²) in [6.07, 6.45) is -0.0103. The summed E-state index contributed by atoms with van der Waals surface area (Å²) in [5.41, 5.74) is 1.93. The van der Waals surface area contributed by atoms with E-state index in [0.717, 1.165) is 43.6 Å². The number of piperidine rings is 1. The van der Waals surface area contributed by atoms with E-state index < -0.39 is 12.1 Å². The number of amides is 1. The Balaban J connectivity index is 0.000000509. The molecule has 1 heterocycles. The second-order valence-electron chi connectivity index (χ2n) is 7.54. The van der Waals surface area contributed by atoms with Crippen molar-refractivity contribution >= 4 is 41.2 Å². The summed E-state index contributed by atoms with van der Waals surface area (Å²) in [5, 5.41) is 20.7. The number of hydrogen-bond acceptors (Lipinski definition) is 4. The first-order valence-electron chi connectivity index (χ1n) is 10.2. The predicted octanol–water partition coefficient (Wildman–Crippen LogP) is 5.13. The second kappa shape index (κ2) is 12.6. The Kier molecular flexibility index (Phi) is 10.2. The molecule has 1 amide bonds. The van der Waals surface area contributed by atoms with Crippen LogP contribution in [0.5, 0.6) is 5.75 Å². The normalized spacial score (nSPS) is 15.0. The van der Waals surface area contributed by atoms with E-state index in [4.69, 9.17) is 33.1 Å². The molecule has 0 saturated carbocycles. The number of carbonyl (C=O) groups is 2. The van der Waals surface area contributed by atoms with Gasteiger partial charge in [0, 0.05) is 31.8 Å². The number of nitrogens with zero attached hydrogens (tertiary/aromatic N) is 1. The number of carboxylic acids is 1. The van der Waals surface area contributed by atoms with E-state index in [1.165, 1.54) is 6.08 Å². The third-order valence-electron chi connectivity index (χ3n) is 4.86. The minimum atomic E-state index is -5.08. The fraction of sp³-hybridized carbons (Fsp3) is 0.304. The number of carboxylic acid groups (broad SMARTS) is 1. The maximum atomic E-state index is 12.1. The van der Waals surface area contributed by atoms with Gasteiger partial charge in [0.1, 0.15) is 5.75 Å². The molecule has 1 fully saturated rings. The van der Waals surface area contributed by atoms with Gasteiger partial charge < -0.3 is 15.5 Å². The lowest BCUT2D eigenvalue weighted by atomic mass is 10.0. The zero-order valence-corrected chi connectivity index (χ0v) is 19.4. The van der Waals surface area contributed by atoms with Gasteiger partial charge in [0.25, 0.3) is 0 Å². The van der Waals surface area contributed by atoms with Crippen LogP contribution in [0.1, 0.15) is 24.0 Å². The molecule has 1 saturated heterocycles. The molecule has 0 atom stereocenters. The van der Waals surface area contributed by atoms with Crippen molar-refractivity contribution in [3.8, 4) is 5.75 Å². The molecule has 0 aromatic heterocycles. The maximum absolute atomic E-state index is 12.1. The largest absolute Gasteiger partial charge is 0.508 e. The van der Waals surface area contributed by atoms with Crippen molar-refractivity contribution in [3.05, 3.63) is 69.7 Å². The lowest BCUT2D eigenvalue weighted by Gasteiger charge is -2.32. The molecule has 34 heavy (non-hydrogen) atoms. The van der Waals surface area contributed by atoms with Crippen LogP contribution < -0.4 is 5.32 Å². The molecular weight excluding hydrogens is 496 g/mol. The van der Waals surface area contributed by atoms with E-state index in [0.29, 0.717) is 15.8 Å². The van der Waals surface area contributed by atoms with Crippen LogP contribution in [0.25, 0.3) is 6.08 Å². The Hall–Kier alpha value is -2.75. The predicted molar refractivity (Wildman–Crippen MR) is 124 cm³/mol. The molecule has 3 rings (SSSR count). The van der Waals surface area contributed by atoms with Gasteiger partial charge in [-0.3, -0.25) is 9.69 Å². The molecule has 11 heteroatoms. The van der Waals surface area contributed by atoms with Crippen molar-refractivity contribution < 1.29 is 33.0 Å². The van der Waals surface area contributed by atoms with Crippen LogP contribution in [0.2, 0.25) is 10.0 Å². The highest BCUT2D eigenvalue weighted by molar-refractivity contribution is 6.42. The molecule has 2 aromatic carbocycles. The van der Waals surface area contributed by atoms with Crippen molar-refractivity contribution in [2.75, 3.05) is 13.1 Å². The Morgan fingerprint density at radius 2 is 1.74 bits per heavy atom. The zero-order chi connectivity index (χ0) is 25.3. The number of aromatic hydroxyl groups is 1. The maximum Gasteiger partial charge on any atom is 0.490 e. The molecule has 2 aromatic rings. The summed E-state index contributed by atoms with van der Waals surface area (Å²) in [4.78, 5) is 23.4. The summed E-state index contributed by atoms with van der Waals surface area (Å²) >= 11 is 11.9. The summed E-state index contributed by atoms with van der Waals surface area (Å²) < 4.78 is 31.7. The molecular formula is C23H23Cl2F3N2O4. The van der Waals surface area contributed by atoms with E-state index in [1.54, 1.807) is 30.3 Å². The van der Waals surface area contributed by atoms with Gasteiger partial charge in [0.2, 0.25) is 5.91 Å². The van der Waals surface area contributed by atoms with Crippen molar-refractivity contribution in [2.45, 2.75) is 31.6 Å². The van der Waals surface area contributed by atoms with Crippen LogP contribution in [-0.4, -0.2) is 52.3 Å². The van der Waals surface area contributed by atoms with Crippen LogP contribution in [0, 0.1) is 0 Å². The van der Waals surface area contributed by atoms with Crippen molar-refractivity contribution in [2.24, 2.45) is 0 Å². The molecule has 0 radical (unpaired) electrons. The minimum absolute atomic E-state index is 0.104. The van der Waals surface area contributed by atoms with Crippen molar-refractivity contribution in [3.63, 3.8) is 0 Å². The van der Waals surface area contributed by atoms with Crippen LogP contribution in [0.3, 0.4) is 0 Å². The summed E-state index contributed by atoms with van der Waals surface area (Å²) in [6, 6.07) is 12.8. The minimum Gasteiger partial charge on any atom is -0.508 e. The first-order valence-corrected chi connectivity index (χ1v) is 10.9. The number of halogens is 5. The number of hydrogen-bond donors (Lipinski definition) is 3. The number of benzene rings is 2. The molecule has 1 aliphatic rings. The number of carbonyl (C=O) groups excluding carboxylic acids is 1. The molecule has 184 valence electrons. The molecule has 1 aliphatic heterocycles. The third-order valence-corrected chi connectivity index (χ3v) is 5.60. The highest BCUT2D eigenvalue weighted by atomic mass is 35.5. The van der Waals surface area contributed by atoms with Crippen molar-refractivity contribution in [1.29, 1.82) is 0 Å². The number of phenolic OH excluding ortho intramolecular Hbond substituents is 1. The lowest BCUT2D eigenvalue weighted by Crippen LogP contribution is -2.43. The number of nitrogens with one attached hydrogen (secondary N) is 1. The highest BCUT2D eigenvalue weighted by Gasteiger charge is 2.38. The molecule has 3 N–H and O–H groups in total. The Morgan fingerprint density at radius 1 is 1.09 bits per heavy atom. The molecule has 6 nitrogen and oxygen atoms in total. The van der Waals surface area contributed by atoms with Crippen LogP contribution >= 0.6 is 23.2 Å². The average molecular weight is 519 g/mol. The second-order valence-corrected chi connectivity index (χ2v) is 8.35. The van der Waals surface area contributed by atoms with Gasteiger partial charge in [-0.05, 0) is 54.3 Å². The summed E-state index contributed by atoms with van der Waals surface area (Å²) in [6.45, 7) is 2.64. The monoisotopic (exact) mass is 518 g/mol. The third kappa shape index (κ3) is 9.62. The van der Waals surface area contributed by atoms with Gasteiger partial charge in [-0.1, -0.05) is 41.4 Å². The van der Waals surface area contributed by atoms with E-state index >= 15 is 0 Å². The Morgan fingerprint density at radius 3 is 2.29 bits per heavy atom. The first kappa shape index (κ1) is 27.5. The Bertz CT molecular complexity index is 1020. The van der Waals surface area contributed by atoms with Gasteiger partial charge in [-0.25, -0.2) is 4.79 Å². The number of aliphatic carboxylic acids is 1. The van der Waals surface area contributed by atoms with Gasteiger partial charge in [0.15, 0.2) is 0 Å².